The number of hydrogen-bond acceptors (Lipinski definition) is 6. The summed E-state index contributed by atoms with van der Waals surface area (Å²) in [6.45, 7) is 1.14. The van der Waals surface area contributed by atoms with Crippen LogP contribution < -0.4 is 20.3 Å². The molecule has 2 aromatic rings. The molecule has 10 nitrogen and oxygen atoms in total. The molecule has 10 heteroatoms. The Kier molecular flexibility index (Phi) is 6.33. The average Bonchev–Trinajstić information content (AvgIpc) is 3.02. The minimum absolute atomic E-state index is 0.444. The van der Waals surface area contributed by atoms with Crippen molar-refractivity contribution in [2.45, 2.75) is 12.5 Å². The summed E-state index contributed by atoms with van der Waals surface area (Å²) >= 11 is 0. The Balaban J connectivity index is 1.66. The van der Waals surface area contributed by atoms with Crippen LogP contribution in [0.5, 0.6) is 5.75 Å². The number of imide groups is 1. The third-order valence-corrected chi connectivity index (χ3v) is 5.23. The number of anilines is 2. The SMILES string of the molecule is COC(=O)N(C)c1ccc(NC(=O)CN2C(=O)NC(C)(c3ccc(OC)cc3)C2=O)cc1. The van der Waals surface area contributed by atoms with Crippen LogP contribution in [0.2, 0.25) is 0 Å². The van der Waals surface area contributed by atoms with Crippen molar-refractivity contribution in [3.8, 4) is 5.75 Å². The molecule has 3 rings (SSSR count). The van der Waals surface area contributed by atoms with Crippen LogP contribution in [0.25, 0.3) is 0 Å². The van der Waals surface area contributed by atoms with Crippen LogP contribution in [-0.4, -0.2) is 56.7 Å². The molecule has 1 unspecified atom stereocenters. The van der Waals surface area contributed by atoms with Crippen LogP contribution in [0.3, 0.4) is 0 Å². The maximum Gasteiger partial charge on any atom is 0.413 e. The largest absolute Gasteiger partial charge is 0.497 e. The minimum atomic E-state index is -1.29. The van der Waals surface area contributed by atoms with Gasteiger partial charge in [-0.1, -0.05) is 12.1 Å². The van der Waals surface area contributed by atoms with E-state index in [0.29, 0.717) is 22.7 Å². The van der Waals surface area contributed by atoms with E-state index in [1.54, 1.807) is 62.5 Å². The Labute approximate surface area is 185 Å². The summed E-state index contributed by atoms with van der Waals surface area (Å²) in [7, 11) is 4.37. The summed E-state index contributed by atoms with van der Waals surface area (Å²) in [4.78, 5) is 51.6. The number of carbonyl (C=O) groups excluding carboxylic acids is 4. The van der Waals surface area contributed by atoms with Crippen molar-refractivity contribution in [2.24, 2.45) is 0 Å². The van der Waals surface area contributed by atoms with Gasteiger partial charge >= 0.3 is 12.1 Å². The quantitative estimate of drug-likeness (QED) is 0.666. The number of rotatable bonds is 6. The molecule has 2 aromatic carbocycles. The predicted octanol–water partition coefficient (Wildman–Crippen LogP) is 2.30. The summed E-state index contributed by atoms with van der Waals surface area (Å²) in [5.74, 6) is -0.450. The van der Waals surface area contributed by atoms with Gasteiger partial charge in [-0.05, 0) is 48.9 Å². The van der Waals surface area contributed by atoms with Gasteiger partial charge in [-0.2, -0.15) is 0 Å². The normalized spacial score (nSPS) is 17.6. The van der Waals surface area contributed by atoms with Crippen LogP contribution in [0.15, 0.2) is 48.5 Å². The molecule has 168 valence electrons. The van der Waals surface area contributed by atoms with Crippen molar-refractivity contribution in [1.29, 1.82) is 0 Å². The van der Waals surface area contributed by atoms with E-state index in [2.05, 4.69) is 15.4 Å². The number of methoxy groups -OCH3 is 2. The lowest BCUT2D eigenvalue weighted by atomic mass is 9.92. The lowest BCUT2D eigenvalue weighted by Crippen LogP contribution is -2.42. The second-order valence-electron chi connectivity index (χ2n) is 7.30. The fourth-order valence-corrected chi connectivity index (χ4v) is 3.32. The second-order valence-corrected chi connectivity index (χ2v) is 7.30. The molecular weight excluding hydrogens is 416 g/mol. The topological polar surface area (TPSA) is 117 Å². The van der Waals surface area contributed by atoms with Crippen LogP contribution in [0.4, 0.5) is 21.0 Å². The van der Waals surface area contributed by atoms with E-state index in [0.717, 1.165) is 4.90 Å². The first-order valence-corrected chi connectivity index (χ1v) is 9.70. The molecule has 0 aromatic heterocycles. The van der Waals surface area contributed by atoms with Crippen molar-refractivity contribution in [1.82, 2.24) is 10.2 Å². The fraction of sp³-hybridized carbons (Fsp3) is 0.273. The maximum atomic E-state index is 13.0. The Morgan fingerprint density at radius 2 is 1.69 bits per heavy atom. The average molecular weight is 440 g/mol. The molecule has 0 spiro atoms. The van der Waals surface area contributed by atoms with Crippen molar-refractivity contribution < 1.29 is 28.7 Å². The van der Waals surface area contributed by atoms with Gasteiger partial charge in [0.2, 0.25) is 5.91 Å². The molecule has 1 heterocycles. The lowest BCUT2D eigenvalue weighted by Gasteiger charge is -2.22. The molecule has 1 aliphatic heterocycles. The highest BCUT2D eigenvalue weighted by atomic mass is 16.5. The van der Waals surface area contributed by atoms with E-state index in [-0.39, 0.29) is 0 Å². The second kappa shape index (κ2) is 8.96. The van der Waals surface area contributed by atoms with Crippen molar-refractivity contribution in [2.75, 3.05) is 38.0 Å². The fourth-order valence-electron chi connectivity index (χ4n) is 3.32. The zero-order valence-corrected chi connectivity index (χ0v) is 18.2. The molecule has 2 N–H and O–H groups in total. The third kappa shape index (κ3) is 4.34. The molecule has 0 radical (unpaired) electrons. The molecular formula is C22H24N4O6. The zero-order chi connectivity index (χ0) is 23.5. The molecule has 1 atom stereocenters. The van der Waals surface area contributed by atoms with Gasteiger partial charge in [0, 0.05) is 18.4 Å². The zero-order valence-electron chi connectivity index (χ0n) is 18.2. The number of nitrogens with one attached hydrogen (secondary N) is 2. The Morgan fingerprint density at radius 3 is 2.25 bits per heavy atom. The van der Waals surface area contributed by atoms with Gasteiger partial charge in [0.05, 0.1) is 14.2 Å². The van der Waals surface area contributed by atoms with Gasteiger partial charge in [0.1, 0.15) is 17.8 Å². The van der Waals surface area contributed by atoms with E-state index < -0.39 is 36.0 Å². The molecule has 0 aliphatic carbocycles. The van der Waals surface area contributed by atoms with Crippen molar-refractivity contribution in [3.63, 3.8) is 0 Å². The summed E-state index contributed by atoms with van der Waals surface area (Å²) in [6.07, 6.45) is -0.528. The van der Waals surface area contributed by atoms with E-state index in [9.17, 15) is 19.2 Å². The number of carbonyl (C=O) groups is 4. The molecule has 1 fully saturated rings. The maximum absolute atomic E-state index is 13.0. The summed E-state index contributed by atoms with van der Waals surface area (Å²) < 4.78 is 9.77. The standard InChI is InChI=1S/C22H24N4O6/c1-22(14-5-11-17(31-3)12-6-14)19(28)26(20(29)24-22)13-18(27)23-15-7-9-16(10-8-15)25(2)21(30)32-4/h5-12H,13H2,1-4H3,(H,23,27)(H,24,29). The van der Waals surface area contributed by atoms with E-state index in [1.165, 1.54) is 19.1 Å². The number of hydrogen-bond donors (Lipinski definition) is 2. The number of benzene rings is 2. The number of nitrogens with zero attached hydrogens (tertiary/aromatic N) is 2. The van der Waals surface area contributed by atoms with E-state index in [1.807, 2.05) is 0 Å². The van der Waals surface area contributed by atoms with Gasteiger partial charge in [-0.25, -0.2) is 9.59 Å². The molecule has 5 amide bonds. The van der Waals surface area contributed by atoms with Crippen LogP contribution in [0.1, 0.15) is 12.5 Å². The molecule has 32 heavy (non-hydrogen) atoms. The van der Waals surface area contributed by atoms with Crippen LogP contribution >= 0.6 is 0 Å². The Morgan fingerprint density at radius 1 is 1.06 bits per heavy atom. The first-order chi connectivity index (χ1) is 15.2. The van der Waals surface area contributed by atoms with Gasteiger partial charge in [-0.15, -0.1) is 0 Å². The summed E-state index contributed by atoms with van der Waals surface area (Å²) in [5.41, 5.74) is 0.301. The van der Waals surface area contributed by atoms with E-state index >= 15 is 0 Å². The molecule has 0 saturated carbocycles. The Hall–Kier alpha value is -4.08. The third-order valence-electron chi connectivity index (χ3n) is 5.23. The molecule has 0 bridgehead atoms. The van der Waals surface area contributed by atoms with Crippen LogP contribution in [-0.2, 0) is 19.9 Å². The summed E-state index contributed by atoms with van der Waals surface area (Å²) in [6, 6.07) is 12.6. The van der Waals surface area contributed by atoms with Gasteiger partial charge < -0.3 is 20.1 Å². The first-order valence-electron chi connectivity index (χ1n) is 9.70. The summed E-state index contributed by atoms with van der Waals surface area (Å²) in [5, 5.41) is 5.29. The predicted molar refractivity (Wildman–Crippen MR) is 116 cm³/mol. The minimum Gasteiger partial charge on any atom is -0.497 e. The highest BCUT2D eigenvalue weighted by Gasteiger charge is 2.49. The van der Waals surface area contributed by atoms with Crippen molar-refractivity contribution in [3.05, 3.63) is 54.1 Å². The number of amides is 5. The molecule has 1 aliphatic rings. The van der Waals surface area contributed by atoms with E-state index in [4.69, 9.17) is 4.74 Å². The molecule has 1 saturated heterocycles. The van der Waals surface area contributed by atoms with Crippen molar-refractivity contribution >= 4 is 35.3 Å². The lowest BCUT2D eigenvalue weighted by molar-refractivity contribution is -0.133. The number of ether oxygens (including phenoxy) is 2. The first kappa shape index (κ1) is 22.6. The van der Waals surface area contributed by atoms with Crippen LogP contribution in [0, 0.1) is 0 Å². The number of urea groups is 1. The highest BCUT2D eigenvalue weighted by Crippen LogP contribution is 2.30. The Bertz CT molecular complexity index is 1040. The smallest absolute Gasteiger partial charge is 0.413 e. The monoisotopic (exact) mass is 440 g/mol. The van der Waals surface area contributed by atoms with Gasteiger partial charge in [-0.3, -0.25) is 19.4 Å². The highest BCUT2D eigenvalue weighted by molar-refractivity contribution is 6.10. The van der Waals surface area contributed by atoms with Gasteiger partial charge in [0.15, 0.2) is 0 Å². The van der Waals surface area contributed by atoms with Gasteiger partial charge in [0.25, 0.3) is 5.91 Å².